The molecule has 1 N–H and O–H groups in total. The second kappa shape index (κ2) is 7.62. The first kappa shape index (κ1) is 17.8. The minimum absolute atomic E-state index is 0.0256. The molecule has 2 aliphatic rings. The summed E-state index contributed by atoms with van der Waals surface area (Å²) in [7, 11) is 0. The van der Waals surface area contributed by atoms with Gasteiger partial charge >= 0.3 is 6.03 Å². The number of piperidine rings is 1. The van der Waals surface area contributed by atoms with Crippen LogP contribution in [0.2, 0.25) is 0 Å². The van der Waals surface area contributed by atoms with Crippen molar-refractivity contribution in [3.8, 4) is 11.5 Å². The van der Waals surface area contributed by atoms with Crippen LogP contribution in [0.3, 0.4) is 0 Å². The number of urea groups is 1. The summed E-state index contributed by atoms with van der Waals surface area (Å²) in [5, 5.41) is 7.19. The van der Waals surface area contributed by atoms with E-state index in [1.165, 1.54) is 5.56 Å². The van der Waals surface area contributed by atoms with Gasteiger partial charge in [-0.1, -0.05) is 35.5 Å². The lowest BCUT2D eigenvalue weighted by Crippen LogP contribution is -2.45. The van der Waals surface area contributed by atoms with Crippen molar-refractivity contribution in [2.24, 2.45) is 0 Å². The summed E-state index contributed by atoms with van der Waals surface area (Å²) in [6.07, 6.45) is 7.45. The summed E-state index contributed by atoms with van der Waals surface area (Å²) < 4.78 is 5.44. The highest BCUT2D eigenvalue weighted by molar-refractivity contribution is 5.75. The maximum Gasteiger partial charge on any atom is 0.317 e. The molecule has 8 heteroatoms. The van der Waals surface area contributed by atoms with Crippen molar-refractivity contribution in [1.82, 2.24) is 30.3 Å². The van der Waals surface area contributed by atoms with Crippen LogP contribution in [0.4, 0.5) is 4.79 Å². The molecule has 1 aliphatic heterocycles. The molecular formula is C21H22N6O2. The molecule has 2 atom stereocenters. The first-order valence-electron chi connectivity index (χ1n) is 9.98. The van der Waals surface area contributed by atoms with Crippen LogP contribution in [0, 0.1) is 0 Å². The van der Waals surface area contributed by atoms with E-state index in [0.717, 1.165) is 19.3 Å². The first-order valence-corrected chi connectivity index (χ1v) is 9.98. The van der Waals surface area contributed by atoms with Crippen molar-refractivity contribution in [3.63, 3.8) is 0 Å². The Hall–Kier alpha value is -3.29. The Balaban J connectivity index is 1.13. The predicted octanol–water partition coefficient (Wildman–Crippen LogP) is 2.97. The second-order valence-electron chi connectivity index (χ2n) is 7.62. The zero-order valence-corrected chi connectivity index (χ0v) is 15.9. The highest BCUT2D eigenvalue weighted by atomic mass is 16.5. The molecule has 0 bridgehead atoms. The molecule has 0 spiro atoms. The van der Waals surface area contributed by atoms with Gasteiger partial charge < -0.3 is 14.7 Å². The van der Waals surface area contributed by atoms with E-state index >= 15 is 0 Å². The third-order valence-electron chi connectivity index (χ3n) is 5.69. The van der Waals surface area contributed by atoms with Gasteiger partial charge in [0.15, 0.2) is 0 Å². The molecule has 2 amide bonds. The number of likely N-dealkylation sites (tertiary alicyclic amines) is 1. The molecule has 5 rings (SSSR count). The van der Waals surface area contributed by atoms with Gasteiger partial charge in [-0.3, -0.25) is 4.98 Å². The number of hydrogen-bond donors (Lipinski definition) is 1. The third kappa shape index (κ3) is 3.83. The summed E-state index contributed by atoms with van der Waals surface area (Å²) in [6.45, 7) is 1.37. The summed E-state index contributed by atoms with van der Waals surface area (Å²) in [5.41, 5.74) is 1.89. The van der Waals surface area contributed by atoms with Gasteiger partial charge in [0, 0.05) is 43.4 Å². The minimum Gasteiger partial charge on any atom is -0.339 e. The van der Waals surface area contributed by atoms with E-state index in [4.69, 9.17) is 4.52 Å². The Morgan fingerprint density at radius 2 is 1.97 bits per heavy atom. The third-order valence-corrected chi connectivity index (χ3v) is 5.69. The Kier molecular flexibility index (Phi) is 4.67. The highest BCUT2D eigenvalue weighted by Crippen LogP contribution is 2.40. The Labute approximate surface area is 168 Å². The van der Waals surface area contributed by atoms with Gasteiger partial charge in [0.25, 0.3) is 0 Å². The fourth-order valence-corrected chi connectivity index (χ4v) is 3.92. The standard InChI is InChI=1S/C21H22N6O2/c28-21(24-17-12-16(17)14-4-2-1-3-5-14)27-10-6-15(7-11-27)20-25-19(26-29-20)18-13-22-8-9-23-18/h1-5,8-9,13,15-17H,6-7,10-12H2,(H,24,28)/t16-,17+/m0/s1. The average Bonchev–Trinajstić information content (AvgIpc) is 3.37. The molecule has 2 aromatic heterocycles. The maximum atomic E-state index is 12.6. The molecule has 0 radical (unpaired) electrons. The lowest BCUT2D eigenvalue weighted by molar-refractivity contribution is 0.174. The molecule has 0 unspecified atom stereocenters. The molecular weight excluding hydrogens is 368 g/mol. The molecule has 29 heavy (non-hydrogen) atoms. The Morgan fingerprint density at radius 3 is 2.72 bits per heavy atom. The number of hydrogen-bond acceptors (Lipinski definition) is 6. The number of benzene rings is 1. The van der Waals surface area contributed by atoms with E-state index in [1.807, 2.05) is 23.1 Å². The van der Waals surface area contributed by atoms with Crippen molar-refractivity contribution in [2.45, 2.75) is 37.1 Å². The number of nitrogens with zero attached hydrogens (tertiary/aromatic N) is 5. The highest BCUT2D eigenvalue weighted by Gasteiger charge is 2.40. The molecule has 1 aliphatic carbocycles. The quantitative estimate of drug-likeness (QED) is 0.736. The van der Waals surface area contributed by atoms with Gasteiger partial charge in [-0.15, -0.1) is 0 Å². The number of carbonyl (C=O) groups is 1. The van der Waals surface area contributed by atoms with Crippen LogP contribution < -0.4 is 5.32 Å². The van der Waals surface area contributed by atoms with Crippen LogP contribution in [-0.4, -0.2) is 50.2 Å². The van der Waals surface area contributed by atoms with Crippen LogP contribution in [0.15, 0.2) is 53.4 Å². The number of carbonyl (C=O) groups excluding carboxylic acids is 1. The van der Waals surface area contributed by atoms with Gasteiger partial charge in [0.2, 0.25) is 11.7 Å². The predicted molar refractivity (Wildman–Crippen MR) is 105 cm³/mol. The molecule has 1 saturated carbocycles. The van der Waals surface area contributed by atoms with Crippen molar-refractivity contribution in [1.29, 1.82) is 0 Å². The fourth-order valence-electron chi connectivity index (χ4n) is 3.92. The lowest BCUT2D eigenvalue weighted by Gasteiger charge is -2.30. The van der Waals surface area contributed by atoms with Crippen LogP contribution in [0.25, 0.3) is 11.5 Å². The number of nitrogens with one attached hydrogen (secondary N) is 1. The molecule has 1 aromatic carbocycles. The lowest BCUT2D eigenvalue weighted by atomic mass is 9.97. The number of rotatable bonds is 4. The second-order valence-corrected chi connectivity index (χ2v) is 7.62. The van der Waals surface area contributed by atoms with E-state index in [2.05, 4.69) is 37.6 Å². The Bertz CT molecular complexity index is 969. The molecule has 3 aromatic rings. The number of amides is 2. The van der Waals surface area contributed by atoms with Crippen molar-refractivity contribution >= 4 is 6.03 Å². The fraction of sp³-hybridized carbons (Fsp3) is 0.381. The van der Waals surface area contributed by atoms with E-state index in [0.29, 0.717) is 36.4 Å². The monoisotopic (exact) mass is 390 g/mol. The van der Waals surface area contributed by atoms with Crippen LogP contribution in [-0.2, 0) is 0 Å². The van der Waals surface area contributed by atoms with Crippen LogP contribution in [0.5, 0.6) is 0 Å². The van der Waals surface area contributed by atoms with Gasteiger partial charge in [-0.2, -0.15) is 4.98 Å². The van der Waals surface area contributed by atoms with Crippen molar-refractivity contribution in [2.75, 3.05) is 13.1 Å². The zero-order valence-electron chi connectivity index (χ0n) is 15.9. The topological polar surface area (TPSA) is 97.0 Å². The number of aromatic nitrogens is 4. The van der Waals surface area contributed by atoms with E-state index in [9.17, 15) is 4.79 Å². The van der Waals surface area contributed by atoms with E-state index in [-0.39, 0.29) is 18.0 Å². The molecule has 2 fully saturated rings. The van der Waals surface area contributed by atoms with E-state index in [1.54, 1.807) is 18.6 Å². The van der Waals surface area contributed by atoms with E-state index < -0.39 is 0 Å². The van der Waals surface area contributed by atoms with Gasteiger partial charge in [0.05, 0.1) is 6.20 Å². The van der Waals surface area contributed by atoms with Gasteiger partial charge in [-0.05, 0) is 24.8 Å². The zero-order chi connectivity index (χ0) is 19.6. The molecule has 148 valence electrons. The largest absolute Gasteiger partial charge is 0.339 e. The van der Waals surface area contributed by atoms with Crippen molar-refractivity contribution in [3.05, 3.63) is 60.4 Å². The van der Waals surface area contributed by atoms with Gasteiger partial charge in [0.1, 0.15) is 5.69 Å². The molecule has 8 nitrogen and oxygen atoms in total. The summed E-state index contributed by atoms with van der Waals surface area (Å²) in [5.74, 6) is 1.66. The summed E-state index contributed by atoms with van der Waals surface area (Å²) >= 11 is 0. The first-order chi connectivity index (χ1) is 14.3. The average molecular weight is 390 g/mol. The summed E-state index contributed by atoms with van der Waals surface area (Å²) in [4.78, 5) is 27.2. The Morgan fingerprint density at radius 1 is 1.14 bits per heavy atom. The SMILES string of the molecule is O=C(N[C@@H]1C[C@H]1c1ccccc1)N1CCC(c2nc(-c3cnccn3)no2)CC1. The molecule has 1 saturated heterocycles. The molecule has 3 heterocycles. The van der Waals surface area contributed by atoms with Crippen LogP contribution in [0.1, 0.15) is 42.6 Å². The summed E-state index contributed by atoms with van der Waals surface area (Å²) in [6, 6.07) is 10.6. The smallest absolute Gasteiger partial charge is 0.317 e. The maximum absolute atomic E-state index is 12.6. The van der Waals surface area contributed by atoms with Crippen LogP contribution >= 0.6 is 0 Å². The minimum atomic E-state index is 0.0256. The van der Waals surface area contributed by atoms with Crippen molar-refractivity contribution < 1.29 is 9.32 Å². The van der Waals surface area contributed by atoms with Gasteiger partial charge in [-0.25, -0.2) is 9.78 Å². The normalized spacial score (nSPS) is 21.7.